The second-order valence-electron chi connectivity index (χ2n) is 11.7. The maximum Gasteiger partial charge on any atom is 0.354 e. The molecule has 0 unspecified atom stereocenters. The Labute approximate surface area is 258 Å². The topological polar surface area (TPSA) is 71.3 Å². The zero-order valence-electron chi connectivity index (χ0n) is 25.5. The maximum atomic E-state index is 14.3. The number of fused-ring (bicyclic) bond motifs is 1. The van der Waals surface area contributed by atoms with Gasteiger partial charge in [-0.2, -0.15) is 4.98 Å². The van der Waals surface area contributed by atoms with Gasteiger partial charge >= 0.3 is 5.69 Å². The highest BCUT2D eigenvalue weighted by molar-refractivity contribution is 6.34. The van der Waals surface area contributed by atoms with Crippen LogP contribution in [0.2, 0.25) is 5.02 Å². The lowest BCUT2D eigenvalue weighted by molar-refractivity contribution is -0.126. The molecule has 2 aromatic carbocycles. The largest absolute Gasteiger partial charge is 0.354 e. The van der Waals surface area contributed by atoms with Crippen molar-refractivity contribution in [2.24, 2.45) is 0 Å². The molecule has 1 aliphatic rings. The Morgan fingerprint density at radius 3 is 2.44 bits per heavy atom. The van der Waals surface area contributed by atoms with E-state index in [9.17, 15) is 9.59 Å². The molecule has 7 nitrogen and oxygen atoms in total. The number of anilines is 1. The number of amides is 1. The van der Waals surface area contributed by atoms with E-state index in [0.29, 0.717) is 36.0 Å². The highest BCUT2D eigenvalue weighted by atomic mass is 35.5. The van der Waals surface area contributed by atoms with E-state index in [2.05, 4.69) is 45.8 Å². The molecule has 1 saturated heterocycles. The first-order valence-electron chi connectivity index (χ1n) is 14.7. The molecule has 5 rings (SSSR count). The van der Waals surface area contributed by atoms with Crippen molar-refractivity contribution < 1.29 is 4.79 Å². The number of halogens is 1. The number of carbonyl (C=O) groups excluding carboxylic acids is 1. The molecule has 43 heavy (non-hydrogen) atoms. The number of rotatable bonds is 7. The van der Waals surface area contributed by atoms with Gasteiger partial charge in [-0.15, -0.1) is 0 Å². The minimum Gasteiger partial charge on any atom is -0.350 e. The SMILES string of the molecule is C=CC(=O)N1CCN(c2nc(=O)n(-c3c(C(C)C)ccnc3C(C)C)c3cc(-c4ccccc4C=C)c(Cl)cc23)[C@@H](C)C1. The van der Waals surface area contributed by atoms with Crippen LogP contribution in [0.25, 0.3) is 33.8 Å². The van der Waals surface area contributed by atoms with E-state index in [1.807, 2.05) is 61.7 Å². The van der Waals surface area contributed by atoms with Crippen LogP contribution >= 0.6 is 11.6 Å². The minimum absolute atomic E-state index is 0.0686. The van der Waals surface area contributed by atoms with E-state index in [1.54, 1.807) is 9.47 Å². The fourth-order valence-electron chi connectivity index (χ4n) is 6.01. The Hall–Kier alpha value is -4.23. The summed E-state index contributed by atoms with van der Waals surface area (Å²) in [6.45, 7) is 19.6. The number of carbonyl (C=O) groups is 1. The van der Waals surface area contributed by atoms with E-state index in [1.165, 1.54) is 6.08 Å². The number of benzene rings is 2. The van der Waals surface area contributed by atoms with E-state index < -0.39 is 0 Å². The molecule has 8 heteroatoms. The van der Waals surface area contributed by atoms with Crippen LogP contribution in [0.3, 0.4) is 0 Å². The van der Waals surface area contributed by atoms with Gasteiger partial charge in [0.2, 0.25) is 5.91 Å². The molecule has 1 fully saturated rings. The Bertz CT molecular complexity index is 1770. The van der Waals surface area contributed by atoms with Crippen LogP contribution in [0.5, 0.6) is 0 Å². The first kappa shape index (κ1) is 30.2. The van der Waals surface area contributed by atoms with Crippen molar-refractivity contribution in [2.45, 2.75) is 52.5 Å². The third kappa shape index (κ3) is 5.50. The third-order valence-corrected chi connectivity index (χ3v) is 8.51. The average molecular weight is 596 g/mol. The number of hydrogen-bond donors (Lipinski definition) is 0. The van der Waals surface area contributed by atoms with Gasteiger partial charge in [0.1, 0.15) is 5.82 Å². The van der Waals surface area contributed by atoms with Crippen molar-refractivity contribution >= 4 is 40.3 Å². The Kier molecular flexibility index (Phi) is 8.56. The smallest absolute Gasteiger partial charge is 0.350 e. The van der Waals surface area contributed by atoms with Crippen molar-refractivity contribution in [3.63, 3.8) is 0 Å². The lowest BCUT2D eigenvalue weighted by atomic mass is 9.95. The highest BCUT2D eigenvalue weighted by Crippen LogP contribution is 2.39. The van der Waals surface area contributed by atoms with Gasteiger partial charge in [-0.3, -0.25) is 14.3 Å². The van der Waals surface area contributed by atoms with E-state index in [-0.39, 0.29) is 29.5 Å². The lowest BCUT2D eigenvalue weighted by Gasteiger charge is -2.40. The molecule has 1 amide bonds. The van der Waals surface area contributed by atoms with Crippen molar-refractivity contribution in [3.05, 3.63) is 100 Å². The fourth-order valence-corrected chi connectivity index (χ4v) is 6.28. The average Bonchev–Trinajstić information content (AvgIpc) is 2.99. The van der Waals surface area contributed by atoms with E-state index >= 15 is 0 Å². The standard InChI is InChI=1S/C35H38ClN5O2/c1-8-24-12-10-11-13-26(24)27-19-30-28(18-29(27)36)34(40-17-16-39(20-23(40)7)31(42)9-2)38-35(43)41(30)33-25(21(3)4)14-15-37-32(33)22(5)6/h8-15,18-19,21-23H,1-2,16-17,20H2,3-7H3/t23-/m0/s1. The van der Waals surface area contributed by atoms with Gasteiger partial charge in [-0.1, -0.05) is 82.8 Å². The summed E-state index contributed by atoms with van der Waals surface area (Å²) >= 11 is 7.05. The van der Waals surface area contributed by atoms with E-state index in [0.717, 1.165) is 39.0 Å². The fraction of sp³-hybridized carbons (Fsp3) is 0.314. The summed E-state index contributed by atoms with van der Waals surface area (Å²) < 4.78 is 1.72. The van der Waals surface area contributed by atoms with Crippen LogP contribution in [0.4, 0.5) is 5.82 Å². The molecule has 4 aromatic rings. The number of hydrogen-bond acceptors (Lipinski definition) is 5. The Morgan fingerprint density at radius 1 is 1.05 bits per heavy atom. The molecule has 222 valence electrons. The molecule has 1 atom stereocenters. The van der Waals surface area contributed by atoms with Crippen molar-refractivity contribution in [2.75, 3.05) is 24.5 Å². The monoisotopic (exact) mass is 595 g/mol. The molecule has 0 saturated carbocycles. The third-order valence-electron chi connectivity index (χ3n) is 8.19. The predicted octanol–water partition coefficient (Wildman–Crippen LogP) is 7.21. The molecule has 0 radical (unpaired) electrons. The van der Waals surface area contributed by atoms with Crippen molar-refractivity contribution in [1.82, 2.24) is 19.4 Å². The molecular weight excluding hydrogens is 558 g/mol. The maximum absolute atomic E-state index is 14.3. The van der Waals surface area contributed by atoms with Crippen molar-refractivity contribution in [3.8, 4) is 16.8 Å². The van der Waals surface area contributed by atoms with Crippen LogP contribution in [-0.2, 0) is 4.79 Å². The summed E-state index contributed by atoms with van der Waals surface area (Å²) in [5.74, 6) is 0.660. The first-order valence-corrected chi connectivity index (χ1v) is 15.1. The highest BCUT2D eigenvalue weighted by Gasteiger charge is 2.30. The van der Waals surface area contributed by atoms with Crippen LogP contribution in [0.15, 0.2) is 72.7 Å². The predicted molar refractivity (Wildman–Crippen MR) is 177 cm³/mol. The van der Waals surface area contributed by atoms with Crippen molar-refractivity contribution in [1.29, 1.82) is 0 Å². The summed E-state index contributed by atoms with van der Waals surface area (Å²) in [7, 11) is 0. The second kappa shape index (κ2) is 12.2. The zero-order chi connectivity index (χ0) is 31.0. The second-order valence-corrected chi connectivity index (χ2v) is 12.1. The van der Waals surface area contributed by atoms with Gasteiger partial charge < -0.3 is 9.80 Å². The molecule has 0 spiro atoms. The summed E-state index contributed by atoms with van der Waals surface area (Å²) in [6, 6.07) is 13.7. The molecule has 3 heterocycles. The number of pyridine rings is 1. The van der Waals surface area contributed by atoms with Crippen LogP contribution < -0.4 is 10.6 Å². The lowest BCUT2D eigenvalue weighted by Crippen LogP contribution is -2.54. The van der Waals surface area contributed by atoms with Crippen LogP contribution in [0.1, 0.15) is 63.3 Å². The van der Waals surface area contributed by atoms with Crippen LogP contribution in [-0.4, -0.2) is 51.0 Å². The molecule has 1 aliphatic heterocycles. The molecule has 2 aromatic heterocycles. The van der Waals surface area contributed by atoms with Crippen LogP contribution in [0, 0.1) is 0 Å². The van der Waals surface area contributed by atoms with Gasteiger partial charge in [-0.25, -0.2) is 4.79 Å². The summed E-state index contributed by atoms with van der Waals surface area (Å²) in [5.41, 5.74) is 5.58. The first-order chi connectivity index (χ1) is 20.6. The Morgan fingerprint density at radius 2 is 1.79 bits per heavy atom. The van der Waals surface area contributed by atoms with Gasteiger partial charge in [0.05, 0.1) is 16.9 Å². The zero-order valence-corrected chi connectivity index (χ0v) is 26.2. The normalized spacial score (nSPS) is 15.4. The number of piperazine rings is 1. The molecular formula is C35H38ClN5O2. The molecule has 0 N–H and O–H groups in total. The Balaban J connectivity index is 1.86. The van der Waals surface area contributed by atoms with E-state index in [4.69, 9.17) is 21.6 Å². The van der Waals surface area contributed by atoms with Gasteiger partial charge in [0.15, 0.2) is 0 Å². The quantitative estimate of drug-likeness (QED) is 0.211. The number of nitrogens with zero attached hydrogens (tertiary/aromatic N) is 5. The number of aromatic nitrogens is 3. The summed E-state index contributed by atoms with van der Waals surface area (Å²) in [4.78, 5) is 40.0. The van der Waals surface area contributed by atoms with Gasteiger partial charge in [0.25, 0.3) is 0 Å². The molecule has 0 aliphatic carbocycles. The molecule has 0 bridgehead atoms. The summed E-state index contributed by atoms with van der Waals surface area (Å²) in [6.07, 6.45) is 4.96. The minimum atomic E-state index is -0.388. The van der Waals surface area contributed by atoms with Gasteiger partial charge in [0, 0.05) is 47.8 Å². The van der Waals surface area contributed by atoms with Gasteiger partial charge in [-0.05, 0) is 59.7 Å². The summed E-state index contributed by atoms with van der Waals surface area (Å²) in [5, 5.41) is 1.30.